The molecule has 0 radical (unpaired) electrons. The SMILES string of the molecule is CCOc1ccc(-c2nc(CSc3n[nH]c(CCC4CCCC4)n3)cs2)cc1OC. The van der Waals surface area contributed by atoms with Crippen LogP contribution in [0.2, 0.25) is 0 Å². The average Bonchev–Trinajstić information content (AvgIpc) is 3.53. The van der Waals surface area contributed by atoms with Gasteiger partial charge < -0.3 is 9.47 Å². The van der Waals surface area contributed by atoms with E-state index >= 15 is 0 Å². The fraction of sp³-hybridized carbons (Fsp3) is 0.500. The Kier molecular flexibility index (Phi) is 7.28. The molecular weight excluding hydrogens is 416 g/mol. The summed E-state index contributed by atoms with van der Waals surface area (Å²) in [6.07, 6.45) is 7.76. The molecule has 0 amide bonds. The minimum Gasteiger partial charge on any atom is -0.493 e. The topological polar surface area (TPSA) is 72.9 Å². The zero-order valence-corrected chi connectivity index (χ0v) is 19.2. The lowest BCUT2D eigenvalue weighted by Gasteiger charge is -2.09. The van der Waals surface area contributed by atoms with Crippen LogP contribution in [0.1, 0.15) is 50.5 Å². The summed E-state index contributed by atoms with van der Waals surface area (Å²) < 4.78 is 11.1. The molecular formula is C22H28N4O2S2. The van der Waals surface area contributed by atoms with Crippen LogP contribution in [0.3, 0.4) is 0 Å². The molecule has 1 aliphatic rings. The lowest BCUT2D eigenvalue weighted by molar-refractivity contribution is 0.311. The van der Waals surface area contributed by atoms with Crippen molar-refractivity contribution in [2.24, 2.45) is 5.92 Å². The van der Waals surface area contributed by atoms with Crippen molar-refractivity contribution in [3.63, 3.8) is 0 Å². The first kappa shape index (κ1) is 21.2. The molecule has 1 fully saturated rings. The van der Waals surface area contributed by atoms with E-state index in [0.29, 0.717) is 6.61 Å². The summed E-state index contributed by atoms with van der Waals surface area (Å²) in [6.45, 7) is 2.57. The Labute approximate surface area is 185 Å². The van der Waals surface area contributed by atoms with Gasteiger partial charge in [0.05, 0.1) is 19.4 Å². The molecule has 1 N–H and O–H groups in total. The van der Waals surface area contributed by atoms with Gasteiger partial charge in [-0.15, -0.1) is 16.4 Å². The molecule has 2 heterocycles. The van der Waals surface area contributed by atoms with Gasteiger partial charge in [-0.05, 0) is 37.5 Å². The van der Waals surface area contributed by atoms with Crippen LogP contribution in [0.5, 0.6) is 11.5 Å². The molecule has 0 atom stereocenters. The maximum atomic E-state index is 5.60. The molecule has 160 valence electrons. The molecule has 8 heteroatoms. The molecule has 30 heavy (non-hydrogen) atoms. The quantitative estimate of drug-likeness (QED) is 0.401. The van der Waals surface area contributed by atoms with E-state index < -0.39 is 0 Å². The van der Waals surface area contributed by atoms with E-state index in [0.717, 1.165) is 56.8 Å². The molecule has 1 saturated carbocycles. The van der Waals surface area contributed by atoms with E-state index in [9.17, 15) is 0 Å². The van der Waals surface area contributed by atoms with Crippen LogP contribution in [-0.2, 0) is 12.2 Å². The van der Waals surface area contributed by atoms with Crippen molar-refractivity contribution in [3.05, 3.63) is 35.1 Å². The molecule has 2 aromatic heterocycles. The van der Waals surface area contributed by atoms with E-state index in [1.807, 2.05) is 25.1 Å². The summed E-state index contributed by atoms with van der Waals surface area (Å²) >= 11 is 3.26. The summed E-state index contributed by atoms with van der Waals surface area (Å²) in [5.41, 5.74) is 2.06. The van der Waals surface area contributed by atoms with Crippen LogP contribution in [-0.4, -0.2) is 33.9 Å². The highest BCUT2D eigenvalue weighted by Crippen LogP contribution is 2.34. The van der Waals surface area contributed by atoms with Crippen molar-refractivity contribution in [2.75, 3.05) is 13.7 Å². The maximum Gasteiger partial charge on any atom is 0.208 e. The van der Waals surface area contributed by atoms with Gasteiger partial charge in [-0.1, -0.05) is 37.4 Å². The lowest BCUT2D eigenvalue weighted by Crippen LogP contribution is -1.97. The third kappa shape index (κ3) is 5.35. The number of methoxy groups -OCH3 is 1. The number of aromatic amines is 1. The first-order chi connectivity index (χ1) is 14.7. The Balaban J connectivity index is 1.32. The zero-order chi connectivity index (χ0) is 20.8. The number of thiazole rings is 1. The van der Waals surface area contributed by atoms with Crippen molar-refractivity contribution in [1.29, 1.82) is 0 Å². The number of benzene rings is 1. The van der Waals surface area contributed by atoms with E-state index in [1.165, 1.54) is 32.1 Å². The second-order valence-electron chi connectivity index (χ2n) is 7.49. The van der Waals surface area contributed by atoms with Crippen molar-refractivity contribution in [3.8, 4) is 22.1 Å². The van der Waals surface area contributed by atoms with Gasteiger partial charge in [-0.3, -0.25) is 5.10 Å². The normalized spacial score (nSPS) is 14.3. The van der Waals surface area contributed by atoms with Crippen molar-refractivity contribution in [1.82, 2.24) is 20.2 Å². The second kappa shape index (κ2) is 10.3. The van der Waals surface area contributed by atoms with Crippen molar-refractivity contribution in [2.45, 2.75) is 56.4 Å². The predicted molar refractivity (Wildman–Crippen MR) is 121 cm³/mol. The number of hydrogen-bond acceptors (Lipinski definition) is 7. The number of rotatable bonds is 10. The minimum absolute atomic E-state index is 0.609. The van der Waals surface area contributed by atoms with Crippen LogP contribution in [0.15, 0.2) is 28.7 Å². The molecule has 0 unspecified atom stereocenters. The molecule has 0 saturated heterocycles. The molecule has 1 aromatic carbocycles. The number of nitrogens with one attached hydrogen (secondary N) is 1. The monoisotopic (exact) mass is 444 g/mol. The number of nitrogens with zero attached hydrogens (tertiary/aromatic N) is 3. The molecule has 3 aromatic rings. The molecule has 1 aliphatic carbocycles. The summed E-state index contributed by atoms with van der Waals surface area (Å²) in [5.74, 6) is 4.12. The van der Waals surface area contributed by atoms with Gasteiger partial charge in [0.25, 0.3) is 0 Å². The highest BCUT2D eigenvalue weighted by atomic mass is 32.2. The third-order valence-corrected chi connectivity index (χ3v) is 7.21. The molecule has 6 nitrogen and oxygen atoms in total. The first-order valence-electron chi connectivity index (χ1n) is 10.5. The van der Waals surface area contributed by atoms with Gasteiger partial charge in [0.2, 0.25) is 5.16 Å². The van der Waals surface area contributed by atoms with Gasteiger partial charge in [0.15, 0.2) is 11.5 Å². The zero-order valence-electron chi connectivity index (χ0n) is 17.5. The Morgan fingerprint density at radius 1 is 1.20 bits per heavy atom. The number of H-pyrrole nitrogens is 1. The van der Waals surface area contributed by atoms with Crippen LogP contribution in [0.25, 0.3) is 10.6 Å². The van der Waals surface area contributed by atoms with Gasteiger partial charge in [0.1, 0.15) is 10.8 Å². The number of hydrogen-bond donors (Lipinski definition) is 1. The minimum atomic E-state index is 0.609. The molecule has 0 aliphatic heterocycles. The number of aryl methyl sites for hydroxylation is 1. The standard InChI is InChI=1S/C22H28N4O2S2/c1-3-28-18-10-9-16(12-19(18)27-2)21-23-17(13-29-21)14-30-22-24-20(25-26-22)11-8-15-6-4-5-7-15/h9-10,12-13,15H,3-8,11,14H2,1-2H3,(H,24,25,26). The fourth-order valence-electron chi connectivity index (χ4n) is 3.81. The highest BCUT2D eigenvalue weighted by molar-refractivity contribution is 7.98. The van der Waals surface area contributed by atoms with Gasteiger partial charge in [-0.25, -0.2) is 9.97 Å². The summed E-state index contributed by atoms with van der Waals surface area (Å²) in [6, 6.07) is 5.94. The van der Waals surface area contributed by atoms with Crippen LogP contribution < -0.4 is 9.47 Å². The third-order valence-electron chi connectivity index (χ3n) is 5.39. The Morgan fingerprint density at radius 3 is 2.87 bits per heavy atom. The van der Waals surface area contributed by atoms with Gasteiger partial charge in [0, 0.05) is 23.1 Å². The van der Waals surface area contributed by atoms with Gasteiger partial charge in [-0.2, -0.15) is 0 Å². The summed E-state index contributed by atoms with van der Waals surface area (Å²) in [4.78, 5) is 9.42. The van der Waals surface area contributed by atoms with E-state index in [1.54, 1.807) is 30.2 Å². The second-order valence-corrected chi connectivity index (χ2v) is 9.29. The Bertz CT molecular complexity index is 950. The number of aromatic nitrogens is 4. The average molecular weight is 445 g/mol. The fourth-order valence-corrected chi connectivity index (χ4v) is 5.45. The largest absolute Gasteiger partial charge is 0.493 e. The Hall–Kier alpha value is -2.06. The van der Waals surface area contributed by atoms with E-state index in [-0.39, 0.29) is 0 Å². The van der Waals surface area contributed by atoms with Crippen molar-refractivity contribution >= 4 is 23.1 Å². The Morgan fingerprint density at radius 2 is 2.07 bits per heavy atom. The summed E-state index contributed by atoms with van der Waals surface area (Å²) in [7, 11) is 1.66. The molecule has 0 bridgehead atoms. The number of ether oxygens (including phenoxy) is 2. The highest BCUT2D eigenvalue weighted by Gasteiger charge is 2.16. The maximum absolute atomic E-state index is 5.60. The predicted octanol–water partition coefficient (Wildman–Crippen LogP) is 5.75. The molecule has 0 spiro atoms. The molecule has 4 rings (SSSR count). The number of thioether (sulfide) groups is 1. The smallest absolute Gasteiger partial charge is 0.208 e. The van der Waals surface area contributed by atoms with Crippen LogP contribution >= 0.6 is 23.1 Å². The van der Waals surface area contributed by atoms with Gasteiger partial charge >= 0.3 is 0 Å². The van der Waals surface area contributed by atoms with Crippen LogP contribution in [0.4, 0.5) is 0 Å². The van der Waals surface area contributed by atoms with Crippen LogP contribution in [0, 0.1) is 5.92 Å². The van der Waals surface area contributed by atoms with E-state index in [4.69, 9.17) is 14.5 Å². The summed E-state index contributed by atoms with van der Waals surface area (Å²) in [5, 5.41) is 11.3. The first-order valence-corrected chi connectivity index (χ1v) is 12.4. The van der Waals surface area contributed by atoms with Crippen molar-refractivity contribution < 1.29 is 9.47 Å². The van der Waals surface area contributed by atoms with E-state index in [2.05, 4.69) is 20.6 Å². The lowest BCUT2D eigenvalue weighted by atomic mass is 10.0.